The number of fused-ring (bicyclic) bond motifs is 2. The first kappa shape index (κ1) is 23.6. The summed E-state index contributed by atoms with van der Waals surface area (Å²) in [7, 11) is -4.59. The Morgan fingerprint density at radius 1 is 0.935 bits per heavy atom. The van der Waals surface area contributed by atoms with Crippen LogP contribution >= 0.6 is 15.9 Å². The Hall–Kier alpha value is -2.01. The zero-order chi connectivity index (χ0) is 21.8. The summed E-state index contributed by atoms with van der Waals surface area (Å²) in [6, 6.07) is 12.0. The van der Waals surface area contributed by atoms with Crippen molar-refractivity contribution in [2.24, 2.45) is 0 Å². The Labute approximate surface area is 209 Å². The molecule has 0 saturated heterocycles. The molecule has 3 aromatic rings. The molecule has 0 unspecified atom stereocenters. The largest absolute Gasteiger partial charge is 1.00 e. The van der Waals surface area contributed by atoms with E-state index in [-0.39, 0.29) is 74.0 Å². The smallest absolute Gasteiger partial charge is 0.744 e. The number of benzene rings is 3. The molecule has 7 nitrogen and oxygen atoms in total. The second-order valence-corrected chi connectivity index (χ2v) is 9.06. The van der Waals surface area contributed by atoms with E-state index >= 15 is 0 Å². The van der Waals surface area contributed by atoms with Gasteiger partial charge in [0.2, 0.25) is 0 Å². The molecule has 0 radical (unpaired) electrons. The Morgan fingerprint density at radius 2 is 1.52 bits per heavy atom. The number of rotatable bonds is 3. The summed E-state index contributed by atoms with van der Waals surface area (Å²) in [5.74, 6) is -0.704. The molecule has 31 heavy (non-hydrogen) atoms. The Kier molecular flexibility index (Phi) is 6.48. The normalized spacial score (nSPS) is 12.6. The van der Waals surface area contributed by atoms with E-state index in [1.165, 1.54) is 18.2 Å². The van der Waals surface area contributed by atoms with Crippen LogP contribution in [-0.4, -0.2) is 24.5 Å². The number of carbonyl (C=O) groups is 2. The number of hydrogen-bond donors (Lipinski definition) is 2. The number of aryl methyl sites for hydroxylation is 1. The van der Waals surface area contributed by atoms with Gasteiger partial charge >= 0.3 is 29.6 Å². The average molecular weight is 509 g/mol. The molecule has 3 aromatic carbocycles. The van der Waals surface area contributed by atoms with Crippen LogP contribution in [0, 0.1) is 6.92 Å². The predicted molar refractivity (Wildman–Crippen MR) is 114 cm³/mol. The summed E-state index contributed by atoms with van der Waals surface area (Å²) >= 11 is 3.33. The van der Waals surface area contributed by atoms with Gasteiger partial charge in [0.05, 0.1) is 27.4 Å². The van der Waals surface area contributed by atoms with Crippen molar-refractivity contribution in [1.82, 2.24) is 0 Å². The van der Waals surface area contributed by atoms with Crippen LogP contribution < -0.4 is 40.6 Å². The van der Waals surface area contributed by atoms with E-state index in [0.29, 0.717) is 21.4 Å². The van der Waals surface area contributed by atoms with Gasteiger partial charge in [-0.15, -0.1) is 0 Å². The monoisotopic (exact) mass is 508 g/mol. The summed E-state index contributed by atoms with van der Waals surface area (Å²) < 4.78 is 34.2. The van der Waals surface area contributed by atoms with Crippen LogP contribution in [0.2, 0.25) is 0 Å². The third-order valence-corrected chi connectivity index (χ3v) is 6.43. The molecule has 4 rings (SSSR count). The molecule has 0 bridgehead atoms. The van der Waals surface area contributed by atoms with Gasteiger partial charge in [0.1, 0.15) is 10.1 Å². The topological polar surface area (TPSA) is 129 Å². The minimum absolute atomic E-state index is 0. The number of nitrogen functional groups attached to an aromatic ring is 1. The molecule has 0 amide bonds. The van der Waals surface area contributed by atoms with E-state index in [0.717, 1.165) is 0 Å². The number of nitrogens with one attached hydrogen (secondary N) is 1. The minimum atomic E-state index is -4.59. The van der Waals surface area contributed by atoms with Crippen molar-refractivity contribution < 1.29 is 52.1 Å². The SMILES string of the molecule is Cc1cc(S(=O)(=O)[O-])ccc1Nc1cc(Br)c(N)c2c1C(=O)c1ccccc1C2=O.[Na+]. The zero-order valence-electron chi connectivity index (χ0n) is 16.5. The summed E-state index contributed by atoms with van der Waals surface area (Å²) in [6.07, 6.45) is 0. The van der Waals surface area contributed by atoms with E-state index in [9.17, 15) is 22.6 Å². The van der Waals surface area contributed by atoms with Crippen molar-refractivity contribution in [2.75, 3.05) is 11.1 Å². The van der Waals surface area contributed by atoms with E-state index in [1.807, 2.05) is 0 Å². The number of ketones is 2. The van der Waals surface area contributed by atoms with Crippen LogP contribution in [-0.2, 0) is 10.1 Å². The van der Waals surface area contributed by atoms with Gasteiger partial charge in [-0.1, -0.05) is 24.3 Å². The molecule has 1 aliphatic carbocycles. The zero-order valence-corrected chi connectivity index (χ0v) is 20.9. The first-order valence-electron chi connectivity index (χ1n) is 8.73. The number of carbonyl (C=O) groups excluding carboxylic acids is 2. The van der Waals surface area contributed by atoms with Gasteiger partial charge in [-0.3, -0.25) is 9.59 Å². The van der Waals surface area contributed by atoms with Gasteiger partial charge in [-0.25, -0.2) is 8.42 Å². The Bertz CT molecular complexity index is 1370. The van der Waals surface area contributed by atoms with Crippen LogP contribution in [0.15, 0.2) is 57.9 Å². The number of halogens is 1. The van der Waals surface area contributed by atoms with Gasteiger partial charge in [0, 0.05) is 21.3 Å². The first-order valence-corrected chi connectivity index (χ1v) is 10.9. The molecular weight excluding hydrogens is 495 g/mol. The van der Waals surface area contributed by atoms with Crippen LogP contribution in [0.3, 0.4) is 0 Å². The molecule has 0 heterocycles. The van der Waals surface area contributed by atoms with Gasteiger partial charge < -0.3 is 15.6 Å². The third kappa shape index (κ3) is 4.09. The van der Waals surface area contributed by atoms with Crippen molar-refractivity contribution in [3.05, 3.63) is 80.8 Å². The second kappa shape index (κ2) is 8.50. The molecule has 1 aliphatic rings. The summed E-state index contributed by atoms with van der Waals surface area (Å²) in [5.41, 5.74) is 8.37. The van der Waals surface area contributed by atoms with E-state index in [2.05, 4.69) is 21.2 Å². The maximum absolute atomic E-state index is 13.2. The van der Waals surface area contributed by atoms with Crippen molar-refractivity contribution in [2.45, 2.75) is 11.8 Å². The van der Waals surface area contributed by atoms with Crippen molar-refractivity contribution in [3.63, 3.8) is 0 Å². The fraction of sp³-hybridized carbons (Fsp3) is 0.0476. The molecule has 0 atom stereocenters. The molecule has 152 valence electrons. The molecule has 3 N–H and O–H groups in total. The van der Waals surface area contributed by atoms with E-state index < -0.39 is 10.1 Å². The van der Waals surface area contributed by atoms with Gasteiger partial charge in [-0.2, -0.15) is 0 Å². The number of nitrogens with two attached hydrogens (primary N) is 1. The molecule has 0 aromatic heterocycles. The summed E-state index contributed by atoms with van der Waals surface area (Å²) in [4.78, 5) is 25.9. The Balaban J connectivity index is 0.00000272. The maximum Gasteiger partial charge on any atom is 1.00 e. The van der Waals surface area contributed by atoms with Gasteiger partial charge in [0.15, 0.2) is 11.6 Å². The molecule has 0 fully saturated rings. The van der Waals surface area contributed by atoms with E-state index in [4.69, 9.17) is 5.73 Å². The first-order chi connectivity index (χ1) is 14.1. The fourth-order valence-corrected chi connectivity index (χ4v) is 4.44. The number of hydrogen-bond acceptors (Lipinski definition) is 7. The molecule has 10 heteroatoms. The van der Waals surface area contributed by atoms with Gasteiger partial charge in [-0.05, 0) is 52.7 Å². The van der Waals surface area contributed by atoms with Crippen LogP contribution in [0.5, 0.6) is 0 Å². The van der Waals surface area contributed by atoms with Crippen LogP contribution in [0.25, 0.3) is 0 Å². The quantitative estimate of drug-likeness (QED) is 0.237. The molecular formula is C21H14BrN2NaO5S. The fourth-order valence-electron chi connectivity index (χ4n) is 3.46. The standard InChI is InChI=1S/C21H15BrN2O5S.Na/c1-10-8-11(30(27,28)29)6-7-15(10)24-16-9-14(22)19(23)18-17(16)20(25)12-4-2-3-5-13(12)21(18)26;/h2-9,24H,23H2,1H3,(H,27,28,29);/q;+1/p-1. The molecule has 0 spiro atoms. The minimum Gasteiger partial charge on any atom is -0.744 e. The number of anilines is 3. The van der Waals surface area contributed by atoms with Crippen molar-refractivity contribution in [1.29, 1.82) is 0 Å². The summed E-state index contributed by atoms with van der Waals surface area (Å²) in [5, 5.41) is 3.07. The van der Waals surface area contributed by atoms with Crippen molar-refractivity contribution >= 4 is 54.7 Å². The average Bonchev–Trinajstić information content (AvgIpc) is 2.69. The van der Waals surface area contributed by atoms with Crippen LogP contribution in [0.1, 0.15) is 37.4 Å². The maximum atomic E-state index is 13.2. The second-order valence-electron chi connectivity index (χ2n) is 6.83. The predicted octanol–water partition coefficient (Wildman–Crippen LogP) is 0.767. The third-order valence-electron chi connectivity index (χ3n) is 4.94. The molecule has 0 saturated carbocycles. The van der Waals surface area contributed by atoms with E-state index in [1.54, 1.807) is 37.3 Å². The van der Waals surface area contributed by atoms with Crippen molar-refractivity contribution in [3.8, 4) is 0 Å². The Morgan fingerprint density at radius 3 is 2.06 bits per heavy atom. The molecule has 0 aliphatic heterocycles. The van der Waals surface area contributed by atoms with Gasteiger partial charge in [0.25, 0.3) is 0 Å². The van der Waals surface area contributed by atoms with Crippen LogP contribution in [0.4, 0.5) is 17.1 Å². The summed E-state index contributed by atoms with van der Waals surface area (Å²) in [6.45, 7) is 1.62.